The molecule has 0 atom stereocenters. The van der Waals surface area contributed by atoms with Gasteiger partial charge in [0.1, 0.15) is 5.75 Å². The largest absolute Gasteiger partial charge is 0.491 e. The van der Waals surface area contributed by atoms with E-state index >= 15 is 0 Å². The van der Waals surface area contributed by atoms with E-state index in [4.69, 9.17) is 4.74 Å². The van der Waals surface area contributed by atoms with Gasteiger partial charge in [-0.15, -0.1) is 0 Å². The second-order valence-corrected chi connectivity index (χ2v) is 7.37. The van der Waals surface area contributed by atoms with E-state index in [2.05, 4.69) is 41.2 Å². The zero-order valence-electron chi connectivity index (χ0n) is 15.2. The summed E-state index contributed by atoms with van der Waals surface area (Å²) < 4.78 is 5.67. The second kappa shape index (κ2) is 7.71. The van der Waals surface area contributed by atoms with Gasteiger partial charge >= 0.3 is 0 Å². The van der Waals surface area contributed by atoms with E-state index in [1.54, 1.807) is 0 Å². The van der Waals surface area contributed by atoms with Crippen LogP contribution in [0.4, 0.5) is 0 Å². The van der Waals surface area contributed by atoms with Crippen molar-refractivity contribution in [3.63, 3.8) is 0 Å². The van der Waals surface area contributed by atoms with Gasteiger partial charge in [0.2, 0.25) is 0 Å². The molecule has 1 saturated heterocycles. The summed E-state index contributed by atoms with van der Waals surface area (Å²) in [6, 6.07) is 8.38. The zero-order chi connectivity index (χ0) is 16.9. The van der Waals surface area contributed by atoms with Gasteiger partial charge in [-0.2, -0.15) is 0 Å². The van der Waals surface area contributed by atoms with Crippen molar-refractivity contribution in [2.45, 2.75) is 46.6 Å². The number of hydrogen-bond donors (Lipinski definition) is 1. The van der Waals surface area contributed by atoms with E-state index in [0.717, 1.165) is 37.8 Å². The summed E-state index contributed by atoms with van der Waals surface area (Å²) in [7, 11) is 1.87. The topological polar surface area (TPSA) is 36.9 Å². The maximum Gasteiger partial charge on any atom is 0.193 e. The van der Waals surface area contributed by atoms with E-state index in [1.165, 1.54) is 12.0 Å². The Kier molecular flexibility index (Phi) is 5.91. The molecule has 1 aromatic carbocycles. The van der Waals surface area contributed by atoms with Crippen molar-refractivity contribution >= 4 is 5.96 Å². The minimum Gasteiger partial charge on any atom is -0.491 e. The summed E-state index contributed by atoms with van der Waals surface area (Å²) in [6.45, 7) is 11.8. The minimum absolute atomic E-state index is 0.218. The molecule has 0 unspecified atom stereocenters. The second-order valence-electron chi connectivity index (χ2n) is 7.37. The molecular weight excluding hydrogens is 286 g/mol. The molecule has 1 heterocycles. The van der Waals surface area contributed by atoms with Gasteiger partial charge in [-0.1, -0.05) is 26.0 Å². The van der Waals surface area contributed by atoms with Crippen LogP contribution in [0.3, 0.4) is 0 Å². The van der Waals surface area contributed by atoms with Crippen LogP contribution < -0.4 is 10.1 Å². The summed E-state index contributed by atoms with van der Waals surface area (Å²) in [5.74, 6) is 1.96. The number of guanidine groups is 1. The Labute approximate surface area is 140 Å². The van der Waals surface area contributed by atoms with Crippen LogP contribution in [0.1, 0.15) is 39.7 Å². The molecule has 128 valence electrons. The van der Waals surface area contributed by atoms with Crippen LogP contribution in [0.5, 0.6) is 5.75 Å². The molecule has 1 N–H and O–H groups in total. The fourth-order valence-electron chi connectivity index (χ4n) is 2.95. The van der Waals surface area contributed by atoms with Gasteiger partial charge in [-0.05, 0) is 49.8 Å². The molecule has 0 bridgehead atoms. The van der Waals surface area contributed by atoms with Gasteiger partial charge in [0.05, 0.1) is 6.10 Å². The molecule has 0 aromatic heterocycles. The summed E-state index contributed by atoms with van der Waals surface area (Å²) in [5, 5.41) is 3.49. The maximum atomic E-state index is 5.67. The SMILES string of the molecule is CN=C(NCCc1ccc(OC(C)C)cc1)N1CCC(C)(C)C1. The monoisotopic (exact) mass is 317 g/mol. The highest BCUT2D eigenvalue weighted by molar-refractivity contribution is 5.80. The Hall–Kier alpha value is -1.71. The molecule has 1 aliphatic rings. The standard InChI is InChI=1S/C19H31N3O/c1-15(2)23-17-8-6-16(7-9-17)10-12-21-18(20-5)22-13-11-19(3,4)14-22/h6-9,15H,10-14H2,1-5H3,(H,20,21). The lowest BCUT2D eigenvalue weighted by Crippen LogP contribution is -2.41. The molecular formula is C19H31N3O. The van der Waals surface area contributed by atoms with Crippen molar-refractivity contribution in [3.8, 4) is 5.75 Å². The fourth-order valence-corrected chi connectivity index (χ4v) is 2.95. The van der Waals surface area contributed by atoms with Gasteiger partial charge in [-0.25, -0.2) is 0 Å². The average molecular weight is 317 g/mol. The van der Waals surface area contributed by atoms with Crippen LogP contribution >= 0.6 is 0 Å². The highest BCUT2D eigenvalue weighted by Gasteiger charge is 2.30. The lowest BCUT2D eigenvalue weighted by Gasteiger charge is -2.23. The molecule has 4 heteroatoms. The first kappa shape index (κ1) is 17.6. The Morgan fingerprint density at radius 2 is 2.00 bits per heavy atom. The van der Waals surface area contributed by atoms with Crippen molar-refractivity contribution in [2.75, 3.05) is 26.7 Å². The first-order valence-electron chi connectivity index (χ1n) is 8.61. The predicted octanol–water partition coefficient (Wildman–Crippen LogP) is 3.32. The lowest BCUT2D eigenvalue weighted by molar-refractivity contribution is 0.242. The first-order valence-corrected chi connectivity index (χ1v) is 8.61. The number of nitrogens with one attached hydrogen (secondary N) is 1. The van der Waals surface area contributed by atoms with Crippen molar-refractivity contribution in [3.05, 3.63) is 29.8 Å². The molecule has 0 spiro atoms. The van der Waals surface area contributed by atoms with Crippen LogP contribution in [0.25, 0.3) is 0 Å². The number of likely N-dealkylation sites (tertiary alicyclic amines) is 1. The normalized spacial score (nSPS) is 17.7. The van der Waals surface area contributed by atoms with Gasteiger partial charge in [0.15, 0.2) is 5.96 Å². The Bertz CT molecular complexity index is 520. The van der Waals surface area contributed by atoms with Gasteiger partial charge < -0.3 is 15.0 Å². The van der Waals surface area contributed by atoms with Crippen LogP contribution in [-0.4, -0.2) is 43.6 Å². The number of aliphatic imine (C=N–C) groups is 1. The van der Waals surface area contributed by atoms with E-state index in [9.17, 15) is 0 Å². The molecule has 1 aromatic rings. The third kappa shape index (κ3) is 5.45. The summed E-state index contributed by atoms with van der Waals surface area (Å²) in [4.78, 5) is 6.79. The summed E-state index contributed by atoms with van der Waals surface area (Å²) >= 11 is 0. The van der Waals surface area contributed by atoms with Crippen molar-refractivity contribution < 1.29 is 4.74 Å². The first-order chi connectivity index (χ1) is 10.9. The average Bonchev–Trinajstić information content (AvgIpc) is 2.85. The Morgan fingerprint density at radius 3 is 2.52 bits per heavy atom. The molecule has 4 nitrogen and oxygen atoms in total. The fraction of sp³-hybridized carbons (Fsp3) is 0.632. The molecule has 1 aliphatic heterocycles. The molecule has 0 saturated carbocycles. The van der Waals surface area contributed by atoms with Crippen LogP contribution in [0.15, 0.2) is 29.3 Å². The third-order valence-electron chi connectivity index (χ3n) is 4.18. The number of hydrogen-bond acceptors (Lipinski definition) is 2. The van der Waals surface area contributed by atoms with Gasteiger partial charge in [-0.3, -0.25) is 4.99 Å². The van der Waals surface area contributed by atoms with Crippen molar-refractivity contribution in [1.29, 1.82) is 0 Å². The number of ether oxygens (including phenoxy) is 1. The van der Waals surface area contributed by atoms with Crippen LogP contribution in [0, 0.1) is 5.41 Å². The number of benzene rings is 1. The summed E-state index contributed by atoms with van der Waals surface area (Å²) in [6.07, 6.45) is 2.43. The Morgan fingerprint density at radius 1 is 1.30 bits per heavy atom. The molecule has 0 amide bonds. The van der Waals surface area contributed by atoms with Crippen molar-refractivity contribution in [1.82, 2.24) is 10.2 Å². The third-order valence-corrected chi connectivity index (χ3v) is 4.18. The molecule has 0 radical (unpaired) electrons. The van der Waals surface area contributed by atoms with Crippen LogP contribution in [-0.2, 0) is 6.42 Å². The Balaban J connectivity index is 1.79. The quantitative estimate of drug-likeness (QED) is 0.668. The molecule has 2 rings (SSSR count). The predicted molar refractivity (Wildman–Crippen MR) is 97.2 cm³/mol. The highest BCUT2D eigenvalue weighted by atomic mass is 16.5. The molecule has 23 heavy (non-hydrogen) atoms. The summed E-state index contributed by atoms with van der Waals surface area (Å²) in [5.41, 5.74) is 1.70. The maximum absolute atomic E-state index is 5.67. The smallest absolute Gasteiger partial charge is 0.193 e. The van der Waals surface area contributed by atoms with E-state index in [1.807, 2.05) is 33.0 Å². The lowest BCUT2D eigenvalue weighted by atomic mass is 9.93. The number of nitrogens with zero attached hydrogens (tertiary/aromatic N) is 2. The van der Waals surface area contributed by atoms with Gasteiger partial charge in [0, 0.05) is 26.7 Å². The van der Waals surface area contributed by atoms with Gasteiger partial charge in [0.25, 0.3) is 0 Å². The van der Waals surface area contributed by atoms with E-state index < -0.39 is 0 Å². The molecule has 1 fully saturated rings. The highest BCUT2D eigenvalue weighted by Crippen LogP contribution is 2.28. The zero-order valence-corrected chi connectivity index (χ0v) is 15.2. The van der Waals surface area contributed by atoms with Crippen LogP contribution in [0.2, 0.25) is 0 Å². The number of rotatable bonds is 5. The van der Waals surface area contributed by atoms with E-state index in [0.29, 0.717) is 5.41 Å². The molecule has 0 aliphatic carbocycles. The minimum atomic E-state index is 0.218. The van der Waals surface area contributed by atoms with E-state index in [-0.39, 0.29) is 6.10 Å². The van der Waals surface area contributed by atoms with Crippen molar-refractivity contribution in [2.24, 2.45) is 10.4 Å².